The minimum absolute atomic E-state index is 0.244. The maximum absolute atomic E-state index is 12.4. The summed E-state index contributed by atoms with van der Waals surface area (Å²) in [6, 6.07) is 9.59. The minimum atomic E-state index is -0.244. The SMILES string of the molecule is O=C(Nc1cccc(-c2cnc3n2CCC3)c1)c1cc(C2CC2)on1. The van der Waals surface area contributed by atoms with E-state index in [1.807, 2.05) is 30.5 Å². The van der Waals surface area contributed by atoms with Crippen LogP contribution in [0.2, 0.25) is 0 Å². The van der Waals surface area contributed by atoms with E-state index in [2.05, 4.69) is 20.0 Å². The van der Waals surface area contributed by atoms with Gasteiger partial charge in [0.25, 0.3) is 5.91 Å². The molecule has 0 saturated heterocycles. The first-order valence-corrected chi connectivity index (χ1v) is 8.71. The molecule has 1 aliphatic carbocycles. The lowest BCUT2D eigenvalue weighted by molar-refractivity contribution is 0.101. The van der Waals surface area contributed by atoms with Gasteiger partial charge in [-0.15, -0.1) is 0 Å². The summed E-state index contributed by atoms with van der Waals surface area (Å²) in [5.74, 6) is 2.15. The molecule has 2 aromatic heterocycles. The van der Waals surface area contributed by atoms with E-state index in [0.29, 0.717) is 11.6 Å². The lowest BCUT2D eigenvalue weighted by atomic mass is 10.1. The number of fused-ring (bicyclic) bond motifs is 1. The van der Waals surface area contributed by atoms with E-state index in [1.54, 1.807) is 6.07 Å². The first-order valence-electron chi connectivity index (χ1n) is 8.71. The highest BCUT2D eigenvalue weighted by molar-refractivity contribution is 6.03. The fourth-order valence-corrected chi connectivity index (χ4v) is 3.40. The van der Waals surface area contributed by atoms with Gasteiger partial charge in [0, 0.05) is 36.2 Å². The van der Waals surface area contributed by atoms with Gasteiger partial charge in [0.05, 0.1) is 11.9 Å². The molecule has 6 heteroatoms. The number of hydrogen-bond acceptors (Lipinski definition) is 4. The molecule has 1 amide bonds. The number of rotatable bonds is 4. The number of nitrogens with zero attached hydrogens (tertiary/aromatic N) is 3. The van der Waals surface area contributed by atoms with E-state index < -0.39 is 0 Å². The van der Waals surface area contributed by atoms with Crippen LogP contribution >= 0.6 is 0 Å². The van der Waals surface area contributed by atoms with E-state index in [9.17, 15) is 4.79 Å². The standard InChI is InChI=1S/C19H18N4O2/c24-19(15-10-17(25-22-15)12-6-7-12)21-14-4-1-3-13(9-14)16-11-20-18-5-2-8-23(16)18/h1,3-4,9-12H,2,5-8H2,(H,21,24). The van der Waals surface area contributed by atoms with Crippen LogP contribution in [0.15, 0.2) is 41.1 Å². The number of imidazole rings is 1. The molecule has 0 bridgehead atoms. The zero-order chi connectivity index (χ0) is 16.8. The fraction of sp³-hybridized carbons (Fsp3) is 0.316. The van der Waals surface area contributed by atoms with Crippen molar-refractivity contribution in [3.05, 3.63) is 53.8 Å². The molecule has 0 spiro atoms. The van der Waals surface area contributed by atoms with Crippen LogP contribution in [0.3, 0.4) is 0 Å². The van der Waals surface area contributed by atoms with Crippen molar-refractivity contribution >= 4 is 11.6 Å². The molecule has 3 aromatic rings. The van der Waals surface area contributed by atoms with Crippen LogP contribution in [0.4, 0.5) is 5.69 Å². The highest BCUT2D eigenvalue weighted by atomic mass is 16.5. The van der Waals surface area contributed by atoms with Gasteiger partial charge in [-0.05, 0) is 31.4 Å². The smallest absolute Gasteiger partial charge is 0.277 e. The lowest BCUT2D eigenvalue weighted by Crippen LogP contribution is -2.12. The van der Waals surface area contributed by atoms with E-state index >= 15 is 0 Å². The average molecular weight is 334 g/mol. The molecule has 126 valence electrons. The van der Waals surface area contributed by atoms with Gasteiger partial charge in [-0.25, -0.2) is 4.98 Å². The van der Waals surface area contributed by atoms with Crippen molar-refractivity contribution in [3.63, 3.8) is 0 Å². The Labute approximate surface area is 144 Å². The van der Waals surface area contributed by atoms with Gasteiger partial charge < -0.3 is 14.4 Å². The van der Waals surface area contributed by atoms with E-state index in [4.69, 9.17) is 4.52 Å². The quantitative estimate of drug-likeness (QED) is 0.791. The zero-order valence-electron chi connectivity index (χ0n) is 13.7. The molecular formula is C19H18N4O2. The monoisotopic (exact) mass is 334 g/mol. The molecule has 6 nitrogen and oxygen atoms in total. The fourth-order valence-electron chi connectivity index (χ4n) is 3.40. The summed E-state index contributed by atoms with van der Waals surface area (Å²) in [7, 11) is 0. The Kier molecular flexibility index (Phi) is 3.23. The molecule has 3 heterocycles. The number of nitrogens with one attached hydrogen (secondary N) is 1. The third kappa shape index (κ3) is 2.63. The Balaban J connectivity index is 1.38. The Morgan fingerprint density at radius 3 is 3.08 bits per heavy atom. The van der Waals surface area contributed by atoms with Crippen LogP contribution in [0, 0.1) is 0 Å². The Bertz CT molecular complexity index is 952. The summed E-state index contributed by atoms with van der Waals surface area (Å²) < 4.78 is 7.51. The second-order valence-corrected chi connectivity index (χ2v) is 6.74. The molecule has 1 N–H and O–H groups in total. The van der Waals surface area contributed by atoms with Crippen LogP contribution in [0.1, 0.15) is 47.3 Å². The number of carbonyl (C=O) groups excluding carboxylic acids is 1. The van der Waals surface area contributed by atoms with Crippen LogP contribution in [0.25, 0.3) is 11.3 Å². The van der Waals surface area contributed by atoms with Gasteiger partial charge in [0.15, 0.2) is 5.69 Å². The maximum atomic E-state index is 12.4. The number of carbonyl (C=O) groups is 1. The number of aryl methyl sites for hydroxylation is 1. The molecule has 0 unspecified atom stereocenters. The molecule has 1 aromatic carbocycles. The largest absolute Gasteiger partial charge is 0.360 e. The predicted octanol–water partition coefficient (Wildman–Crippen LogP) is 3.61. The van der Waals surface area contributed by atoms with Gasteiger partial charge >= 0.3 is 0 Å². The van der Waals surface area contributed by atoms with Crippen molar-refractivity contribution < 1.29 is 9.32 Å². The number of benzene rings is 1. The summed E-state index contributed by atoms with van der Waals surface area (Å²) in [5, 5.41) is 6.80. The van der Waals surface area contributed by atoms with E-state index in [0.717, 1.165) is 60.8 Å². The maximum Gasteiger partial charge on any atom is 0.277 e. The van der Waals surface area contributed by atoms with Crippen molar-refractivity contribution in [3.8, 4) is 11.3 Å². The second-order valence-electron chi connectivity index (χ2n) is 6.74. The topological polar surface area (TPSA) is 73.0 Å². The van der Waals surface area contributed by atoms with Crippen molar-refractivity contribution in [2.45, 2.75) is 38.1 Å². The number of hydrogen-bond donors (Lipinski definition) is 1. The molecule has 5 rings (SSSR count). The molecule has 0 radical (unpaired) electrons. The number of aromatic nitrogens is 3. The molecule has 1 fully saturated rings. The Hall–Kier alpha value is -2.89. The first-order chi connectivity index (χ1) is 12.3. The van der Waals surface area contributed by atoms with Gasteiger partial charge in [0.2, 0.25) is 0 Å². The zero-order valence-corrected chi connectivity index (χ0v) is 13.7. The Morgan fingerprint density at radius 2 is 2.20 bits per heavy atom. The second kappa shape index (κ2) is 5.58. The summed E-state index contributed by atoms with van der Waals surface area (Å²) >= 11 is 0. The number of amides is 1. The van der Waals surface area contributed by atoms with Gasteiger partial charge in [-0.1, -0.05) is 17.3 Å². The van der Waals surface area contributed by atoms with Crippen molar-refractivity contribution in [2.24, 2.45) is 0 Å². The summed E-state index contributed by atoms with van der Waals surface area (Å²) in [5.41, 5.74) is 3.22. The normalized spacial score (nSPS) is 16.0. The summed E-state index contributed by atoms with van der Waals surface area (Å²) in [6.07, 6.45) is 6.32. The third-order valence-electron chi connectivity index (χ3n) is 4.88. The summed E-state index contributed by atoms with van der Waals surface area (Å²) in [6.45, 7) is 1.00. The first kappa shape index (κ1) is 14.5. The van der Waals surface area contributed by atoms with E-state index in [-0.39, 0.29) is 5.91 Å². The molecule has 2 aliphatic rings. The lowest BCUT2D eigenvalue weighted by Gasteiger charge is -2.08. The molecule has 1 saturated carbocycles. The van der Waals surface area contributed by atoms with Crippen LogP contribution < -0.4 is 5.32 Å². The highest BCUT2D eigenvalue weighted by Crippen LogP contribution is 2.40. The van der Waals surface area contributed by atoms with Crippen LogP contribution in [-0.2, 0) is 13.0 Å². The highest BCUT2D eigenvalue weighted by Gasteiger charge is 2.29. The third-order valence-corrected chi connectivity index (χ3v) is 4.88. The van der Waals surface area contributed by atoms with Crippen LogP contribution in [0.5, 0.6) is 0 Å². The van der Waals surface area contributed by atoms with Gasteiger partial charge in [-0.2, -0.15) is 0 Å². The number of anilines is 1. The van der Waals surface area contributed by atoms with Gasteiger partial charge in [-0.3, -0.25) is 4.79 Å². The van der Waals surface area contributed by atoms with Gasteiger partial charge in [0.1, 0.15) is 11.6 Å². The average Bonchev–Trinajstić information content (AvgIpc) is 3.03. The minimum Gasteiger partial charge on any atom is -0.360 e. The summed E-state index contributed by atoms with van der Waals surface area (Å²) in [4.78, 5) is 16.9. The molecule has 1 aliphatic heterocycles. The van der Waals surface area contributed by atoms with Crippen LogP contribution in [-0.4, -0.2) is 20.6 Å². The molecule has 25 heavy (non-hydrogen) atoms. The molecule has 0 atom stereocenters. The van der Waals surface area contributed by atoms with E-state index in [1.165, 1.54) is 0 Å². The Morgan fingerprint density at radius 1 is 1.28 bits per heavy atom. The predicted molar refractivity (Wildman–Crippen MR) is 92.4 cm³/mol. The van der Waals surface area contributed by atoms with Crippen molar-refractivity contribution in [2.75, 3.05) is 5.32 Å². The van der Waals surface area contributed by atoms with Crippen molar-refractivity contribution in [1.82, 2.24) is 14.7 Å². The van der Waals surface area contributed by atoms with Crippen molar-refractivity contribution in [1.29, 1.82) is 0 Å². The molecular weight excluding hydrogens is 316 g/mol.